The first-order valence-electron chi connectivity index (χ1n) is 16.3. The number of carbonyl (C=O) groups excluding carboxylic acids is 1. The second-order valence-corrected chi connectivity index (χ2v) is 14.3. The maximum Gasteiger partial charge on any atom is 0.248 e. The molecular weight excluding hydrogens is 591 g/mol. The van der Waals surface area contributed by atoms with E-state index in [0.29, 0.717) is 45.2 Å². The molecule has 1 amide bonds. The molecule has 2 saturated heterocycles. The molecular formula is C35H42ClFN6O2. The molecule has 2 aromatic carbocycles. The molecule has 0 radical (unpaired) electrons. The van der Waals surface area contributed by atoms with Crippen molar-refractivity contribution in [2.45, 2.75) is 51.0 Å². The number of amides is 1. The fraction of sp³-hybridized carbons (Fsp3) is 0.514. The van der Waals surface area contributed by atoms with Crippen molar-refractivity contribution in [3.63, 3.8) is 0 Å². The van der Waals surface area contributed by atoms with Gasteiger partial charge in [0.2, 0.25) is 5.91 Å². The van der Waals surface area contributed by atoms with E-state index in [1.54, 1.807) is 12.1 Å². The lowest BCUT2D eigenvalue weighted by Gasteiger charge is -2.51. The lowest BCUT2D eigenvalue weighted by atomic mass is 9.61. The number of rotatable bonds is 8. The number of carbonyl (C=O) groups is 1. The van der Waals surface area contributed by atoms with Crippen molar-refractivity contribution in [2.75, 3.05) is 50.9 Å². The van der Waals surface area contributed by atoms with E-state index >= 15 is 0 Å². The van der Waals surface area contributed by atoms with Gasteiger partial charge in [-0.1, -0.05) is 17.7 Å². The summed E-state index contributed by atoms with van der Waals surface area (Å²) in [5.74, 6) is 2.55. The number of halogens is 2. The Balaban J connectivity index is 1.11. The fourth-order valence-electron chi connectivity index (χ4n) is 8.22. The predicted octanol–water partition coefficient (Wildman–Crippen LogP) is 6.89. The number of likely N-dealkylation sites (tertiary alicyclic amines) is 2. The molecule has 238 valence electrons. The van der Waals surface area contributed by atoms with Crippen molar-refractivity contribution < 1.29 is 13.9 Å². The average Bonchev–Trinajstić information content (AvgIpc) is 3.23. The molecule has 3 aromatic rings. The summed E-state index contributed by atoms with van der Waals surface area (Å²) in [6, 6.07) is 8.18. The van der Waals surface area contributed by atoms with Crippen molar-refractivity contribution >= 4 is 45.6 Å². The van der Waals surface area contributed by atoms with E-state index in [0.717, 1.165) is 57.3 Å². The number of nitrogens with zero attached hydrogens (tertiary/aromatic N) is 4. The molecule has 4 aliphatic rings. The van der Waals surface area contributed by atoms with Crippen LogP contribution in [-0.2, 0) is 4.79 Å². The number of hydrogen-bond acceptors (Lipinski definition) is 7. The van der Waals surface area contributed by atoms with Crippen molar-refractivity contribution in [2.24, 2.45) is 23.2 Å². The highest BCUT2D eigenvalue weighted by atomic mass is 35.5. The van der Waals surface area contributed by atoms with Crippen LogP contribution in [0.4, 0.5) is 21.6 Å². The highest BCUT2D eigenvalue weighted by molar-refractivity contribution is 6.31. The average molecular weight is 633 g/mol. The molecule has 2 unspecified atom stereocenters. The summed E-state index contributed by atoms with van der Waals surface area (Å²) < 4.78 is 20.4. The Labute approximate surface area is 269 Å². The Morgan fingerprint density at radius 3 is 2.58 bits per heavy atom. The zero-order valence-electron chi connectivity index (χ0n) is 26.1. The number of ether oxygens (including phenoxy) is 1. The molecule has 2 aliphatic carbocycles. The maximum absolute atomic E-state index is 13.8. The van der Waals surface area contributed by atoms with Gasteiger partial charge in [0, 0.05) is 30.2 Å². The van der Waals surface area contributed by atoms with Crippen LogP contribution in [0.25, 0.3) is 10.9 Å². The van der Waals surface area contributed by atoms with Crippen LogP contribution in [-0.4, -0.2) is 72.1 Å². The zero-order chi connectivity index (χ0) is 31.1. The number of nitrogens with one attached hydrogen (secondary N) is 2. The van der Waals surface area contributed by atoms with Gasteiger partial charge in [-0.25, -0.2) is 14.4 Å². The van der Waals surface area contributed by atoms with E-state index in [2.05, 4.69) is 44.5 Å². The molecule has 2 atom stereocenters. The van der Waals surface area contributed by atoms with Crippen LogP contribution in [0.3, 0.4) is 0 Å². The van der Waals surface area contributed by atoms with Gasteiger partial charge >= 0.3 is 0 Å². The van der Waals surface area contributed by atoms with Gasteiger partial charge in [0.25, 0.3) is 0 Å². The monoisotopic (exact) mass is 632 g/mol. The highest BCUT2D eigenvalue weighted by Gasteiger charge is 2.47. The topological polar surface area (TPSA) is 82.6 Å². The summed E-state index contributed by atoms with van der Waals surface area (Å²) in [7, 11) is 4.40. The normalized spacial score (nSPS) is 25.1. The Kier molecular flexibility index (Phi) is 8.44. The van der Waals surface area contributed by atoms with Crippen molar-refractivity contribution in [1.29, 1.82) is 0 Å². The van der Waals surface area contributed by atoms with Crippen LogP contribution in [0, 0.1) is 29.0 Å². The molecule has 4 fully saturated rings. The highest BCUT2D eigenvalue weighted by Crippen LogP contribution is 2.51. The molecule has 1 aromatic heterocycles. The first-order valence-corrected chi connectivity index (χ1v) is 16.6. The minimum Gasteiger partial charge on any atom is -0.488 e. The minimum atomic E-state index is -0.490. The molecule has 2 bridgehead atoms. The number of allylic oxidation sites excluding steroid dienone is 1. The molecule has 1 spiro atoms. The molecule has 10 heteroatoms. The summed E-state index contributed by atoms with van der Waals surface area (Å²) in [6.45, 7) is 4.56. The summed E-state index contributed by atoms with van der Waals surface area (Å²) in [4.78, 5) is 27.1. The molecule has 7 rings (SSSR count). The molecule has 2 N–H and O–H groups in total. The van der Waals surface area contributed by atoms with E-state index in [1.807, 2.05) is 18.2 Å². The summed E-state index contributed by atoms with van der Waals surface area (Å²) in [5.41, 5.74) is 2.21. The Bertz CT molecular complexity index is 1590. The lowest BCUT2D eigenvalue weighted by Crippen LogP contribution is -2.50. The first kappa shape index (κ1) is 30.4. The molecule has 3 heterocycles. The molecule has 45 heavy (non-hydrogen) atoms. The van der Waals surface area contributed by atoms with E-state index in [1.165, 1.54) is 44.1 Å². The van der Waals surface area contributed by atoms with Crippen molar-refractivity contribution in [3.8, 4) is 5.75 Å². The van der Waals surface area contributed by atoms with Crippen LogP contribution >= 0.6 is 11.6 Å². The van der Waals surface area contributed by atoms with Gasteiger partial charge in [-0.2, -0.15) is 0 Å². The van der Waals surface area contributed by atoms with Crippen LogP contribution < -0.4 is 15.4 Å². The zero-order valence-corrected chi connectivity index (χ0v) is 26.8. The van der Waals surface area contributed by atoms with Gasteiger partial charge in [0.1, 0.15) is 23.7 Å². The molecule has 8 nitrogen and oxygen atoms in total. The smallest absolute Gasteiger partial charge is 0.248 e. The summed E-state index contributed by atoms with van der Waals surface area (Å²) >= 11 is 6.02. The fourth-order valence-corrected chi connectivity index (χ4v) is 8.40. The Hall–Kier alpha value is -3.27. The largest absolute Gasteiger partial charge is 0.488 e. The van der Waals surface area contributed by atoms with Gasteiger partial charge in [-0.05, 0) is 126 Å². The van der Waals surface area contributed by atoms with Gasteiger partial charge in [0.05, 0.1) is 22.3 Å². The SMILES string of the molecule is CN1CCC2(CC1)CC(Oc1cc3ncnc(Nc4ccc(F)c(Cl)c4)c3cc1NC(=O)C=CCC1C3CCC1CN(C)C3)C2. The van der Waals surface area contributed by atoms with Crippen LogP contribution in [0.15, 0.2) is 48.8 Å². The second kappa shape index (κ2) is 12.5. The molecule has 2 saturated carbocycles. The second-order valence-electron chi connectivity index (χ2n) is 13.9. The predicted molar refractivity (Wildman–Crippen MR) is 177 cm³/mol. The van der Waals surface area contributed by atoms with Crippen LogP contribution in [0.1, 0.15) is 44.9 Å². The number of fused-ring (bicyclic) bond motifs is 3. The standard InChI is InChI=1S/C35H42ClFN6O2/c1-42-12-10-35(11-13-42)17-25(18-35)45-32-16-30-27(34(39-21-38-30)40-24-8-9-29(37)28(36)14-24)15-31(32)41-33(44)5-3-4-26-22-6-7-23(26)20-43(2)19-22/h3,5,8-9,14-16,21-23,25-26H,4,6-7,10-13,17-20H2,1-2H3,(H,41,44)(H,38,39,40). The minimum absolute atomic E-state index is 0.0184. The van der Waals surface area contributed by atoms with E-state index in [4.69, 9.17) is 16.3 Å². The van der Waals surface area contributed by atoms with E-state index < -0.39 is 5.82 Å². The Morgan fingerprint density at radius 2 is 1.84 bits per heavy atom. The lowest BCUT2D eigenvalue weighted by molar-refractivity contribution is -0.112. The summed E-state index contributed by atoms with van der Waals surface area (Å²) in [5, 5.41) is 7.06. The maximum atomic E-state index is 13.8. The number of hydrogen-bond donors (Lipinski definition) is 2. The van der Waals surface area contributed by atoms with Gasteiger partial charge in [-0.3, -0.25) is 4.79 Å². The van der Waals surface area contributed by atoms with Crippen LogP contribution in [0.2, 0.25) is 5.02 Å². The van der Waals surface area contributed by atoms with E-state index in [-0.39, 0.29) is 17.0 Å². The number of anilines is 3. The summed E-state index contributed by atoms with van der Waals surface area (Å²) in [6.07, 6.45) is 13.2. The third-order valence-corrected chi connectivity index (χ3v) is 11.0. The number of piperidine rings is 2. The van der Waals surface area contributed by atoms with Gasteiger partial charge < -0.3 is 25.2 Å². The third-order valence-electron chi connectivity index (χ3n) is 10.7. The number of benzene rings is 2. The van der Waals surface area contributed by atoms with Gasteiger partial charge in [0.15, 0.2) is 0 Å². The quantitative estimate of drug-likeness (QED) is 0.262. The van der Waals surface area contributed by atoms with Crippen LogP contribution in [0.5, 0.6) is 5.75 Å². The number of aromatic nitrogens is 2. The van der Waals surface area contributed by atoms with E-state index in [9.17, 15) is 9.18 Å². The Morgan fingerprint density at radius 1 is 1.09 bits per heavy atom. The van der Waals surface area contributed by atoms with Crippen molar-refractivity contribution in [1.82, 2.24) is 19.8 Å². The third kappa shape index (κ3) is 6.53. The van der Waals surface area contributed by atoms with Gasteiger partial charge in [-0.15, -0.1) is 0 Å². The molecule has 2 aliphatic heterocycles. The van der Waals surface area contributed by atoms with Crippen molar-refractivity contribution in [3.05, 3.63) is 59.7 Å². The first-order chi connectivity index (χ1) is 21.7.